The Morgan fingerprint density at radius 2 is 1.74 bits per heavy atom. The number of aryl methyl sites for hydroxylation is 2. The van der Waals surface area contributed by atoms with Gasteiger partial charge in [-0.05, 0) is 55.1 Å². The molecule has 0 radical (unpaired) electrons. The van der Waals surface area contributed by atoms with E-state index >= 15 is 0 Å². The maximum absolute atomic E-state index is 12.4. The van der Waals surface area contributed by atoms with E-state index in [0.717, 1.165) is 17.1 Å². The molecule has 5 nitrogen and oxygen atoms in total. The summed E-state index contributed by atoms with van der Waals surface area (Å²) < 4.78 is 7.33. The van der Waals surface area contributed by atoms with Crippen molar-refractivity contribution in [3.63, 3.8) is 0 Å². The fourth-order valence-electron chi connectivity index (χ4n) is 2.60. The van der Waals surface area contributed by atoms with Crippen LogP contribution in [0.1, 0.15) is 21.7 Å². The number of thioether (sulfide) groups is 1. The molecule has 3 aromatic rings. The van der Waals surface area contributed by atoms with Crippen molar-refractivity contribution in [3.8, 4) is 11.5 Å². The monoisotopic (exact) mass is 401 g/mol. The van der Waals surface area contributed by atoms with Crippen molar-refractivity contribution in [1.29, 1.82) is 0 Å². The Balaban J connectivity index is 1.59. The predicted octanol–water partition coefficient (Wildman–Crippen LogP) is 4.83. The summed E-state index contributed by atoms with van der Waals surface area (Å²) in [4.78, 5) is 13.5. The fraction of sp³-hybridized carbons (Fsp3) is 0.200. The SMILES string of the molecule is CSc1ccc(Oc2ccc(CNC(=O)c3c(Cl)c(C)nn3C)cc2)cc1. The van der Waals surface area contributed by atoms with E-state index in [1.54, 1.807) is 25.7 Å². The lowest BCUT2D eigenvalue weighted by Gasteiger charge is -2.09. The first-order chi connectivity index (χ1) is 13.0. The van der Waals surface area contributed by atoms with Crippen LogP contribution in [-0.2, 0) is 13.6 Å². The van der Waals surface area contributed by atoms with Crippen molar-refractivity contribution in [2.75, 3.05) is 6.26 Å². The molecule has 3 rings (SSSR count). The molecule has 0 atom stereocenters. The number of aromatic nitrogens is 2. The van der Waals surface area contributed by atoms with Crippen LogP contribution in [0, 0.1) is 6.92 Å². The molecule has 0 fully saturated rings. The van der Waals surface area contributed by atoms with Crippen LogP contribution >= 0.6 is 23.4 Å². The number of amides is 1. The summed E-state index contributed by atoms with van der Waals surface area (Å²) in [5.74, 6) is 1.28. The lowest BCUT2D eigenvalue weighted by Crippen LogP contribution is -2.25. The molecule has 1 aromatic heterocycles. The topological polar surface area (TPSA) is 56.1 Å². The van der Waals surface area contributed by atoms with E-state index in [-0.39, 0.29) is 5.91 Å². The molecule has 27 heavy (non-hydrogen) atoms. The lowest BCUT2D eigenvalue weighted by molar-refractivity contribution is 0.0941. The van der Waals surface area contributed by atoms with Gasteiger partial charge in [-0.25, -0.2) is 0 Å². The van der Waals surface area contributed by atoms with E-state index in [1.165, 1.54) is 9.58 Å². The van der Waals surface area contributed by atoms with Crippen molar-refractivity contribution in [3.05, 3.63) is 70.5 Å². The van der Waals surface area contributed by atoms with E-state index in [1.807, 2.05) is 54.8 Å². The van der Waals surface area contributed by atoms with E-state index in [2.05, 4.69) is 10.4 Å². The number of nitrogens with one attached hydrogen (secondary N) is 1. The predicted molar refractivity (Wildman–Crippen MR) is 109 cm³/mol. The van der Waals surface area contributed by atoms with Gasteiger partial charge in [-0.1, -0.05) is 23.7 Å². The molecular formula is C20H20ClN3O2S. The zero-order valence-corrected chi connectivity index (χ0v) is 16.9. The largest absolute Gasteiger partial charge is 0.457 e. The van der Waals surface area contributed by atoms with Crippen LogP contribution < -0.4 is 10.1 Å². The van der Waals surface area contributed by atoms with Gasteiger partial charge in [0.05, 0.1) is 10.7 Å². The van der Waals surface area contributed by atoms with Crippen LogP contribution in [0.2, 0.25) is 5.02 Å². The highest BCUT2D eigenvalue weighted by molar-refractivity contribution is 7.98. The summed E-state index contributed by atoms with van der Waals surface area (Å²) in [6.07, 6.45) is 2.04. The van der Waals surface area contributed by atoms with Gasteiger partial charge >= 0.3 is 0 Å². The summed E-state index contributed by atoms with van der Waals surface area (Å²) >= 11 is 7.84. The van der Waals surface area contributed by atoms with Crippen LogP contribution in [0.3, 0.4) is 0 Å². The van der Waals surface area contributed by atoms with Gasteiger partial charge in [0.1, 0.15) is 17.2 Å². The molecular weight excluding hydrogens is 382 g/mol. The first-order valence-corrected chi connectivity index (χ1v) is 9.96. The normalized spacial score (nSPS) is 10.7. The minimum atomic E-state index is -0.252. The Bertz CT molecular complexity index is 937. The first-order valence-electron chi connectivity index (χ1n) is 8.36. The number of carbonyl (C=O) groups excluding carboxylic acids is 1. The number of hydrogen-bond acceptors (Lipinski definition) is 4. The van der Waals surface area contributed by atoms with Crippen LogP contribution in [0.25, 0.3) is 0 Å². The second-order valence-electron chi connectivity index (χ2n) is 5.98. The molecule has 1 heterocycles. The Morgan fingerprint density at radius 1 is 1.15 bits per heavy atom. The third-order valence-corrected chi connectivity index (χ3v) is 5.23. The van der Waals surface area contributed by atoms with Crippen LogP contribution in [0.15, 0.2) is 53.4 Å². The molecule has 140 valence electrons. The molecule has 0 bridgehead atoms. The molecule has 0 aliphatic carbocycles. The second kappa shape index (κ2) is 8.50. The Hall–Kier alpha value is -2.44. The number of carbonyl (C=O) groups is 1. The van der Waals surface area contributed by atoms with Crippen LogP contribution in [0.5, 0.6) is 11.5 Å². The highest BCUT2D eigenvalue weighted by Gasteiger charge is 2.18. The molecule has 0 saturated heterocycles. The molecule has 2 aromatic carbocycles. The van der Waals surface area contributed by atoms with E-state index in [9.17, 15) is 4.79 Å². The third-order valence-electron chi connectivity index (χ3n) is 4.04. The molecule has 0 aliphatic rings. The van der Waals surface area contributed by atoms with Gasteiger partial charge in [-0.3, -0.25) is 9.48 Å². The first kappa shape index (κ1) is 19.3. The summed E-state index contributed by atoms with van der Waals surface area (Å²) in [7, 11) is 1.70. The molecule has 0 spiro atoms. The second-order valence-corrected chi connectivity index (χ2v) is 7.23. The van der Waals surface area contributed by atoms with Crippen molar-refractivity contribution in [1.82, 2.24) is 15.1 Å². The van der Waals surface area contributed by atoms with Gasteiger partial charge < -0.3 is 10.1 Å². The molecule has 1 N–H and O–H groups in total. The van der Waals surface area contributed by atoms with Crippen molar-refractivity contribution in [2.45, 2.75) is 18.4 Å². The van der Waals surface area contributed by atoms with Crippen molar-refractivity contribution in [2.24, 2.45) is 7.05 Å². The zero-order valence-electron chi connectivity index (χ0n) is 15.3. The summed E-state index contributed by atoms with van der Waals surface area (Å²) in [5, 5.41) is 7.40. The highest BCUT2D eigenvalue weighted by atomic mass is 35.5. The number of rotatable bonds is 6. The van der Waals surface area contributed by atoms with E-state index in [0.29, 0.717) is 23.0 Å². The molecule has 0 unspecified atom stereocenters. The number of halogens is 1. The van der Waals surface area contributed by atoms with Crippen molar-refractivity contribution < 1.29 is 9.53 Å². The lowest BCUT2D eigenvalue weighted by atomic mass is 10.2. The number of hydrogen-bond donors (Lipinski definition) is 1. The fourth-order valence-corrected chi connectivity index (χ4v) is 3.25. The van der Waals surface area contributed by atoms with E-state index < -0.39 is 0 Å². The maximum Gasteiger partial charge on any atom is 0.271 e. The Labute approximate surface area is 167 Å². The third kappa shape index (κ3) is 4.64. The van der Waals surface area contributed by atoms with Gasteiger partial charge in [0.15, 0.2) is 0 Å². The highest BCUT2D eigenvalue weighted by Crippen LogP contribution is 2.24. The Kier molecular flexibility index (Phi) is 6.08. The van der Waals surface area contributed by atoms with Gasteiger partial charge in [-0.2, -0.15) is 5.10 Å². The summed E-state index contributed by atoms with van der Waals surface area (Å²) in [6, 6.07) is 15.5. The van der Waals surface area contributed by atoms with Gasteiger partial charge in [0.2, 0.25) is 0 Å². The van der Waals surface area contributed by atoms with Crippen molar-refractivity contribution >= 4 is 29.3 Å². The number of benzene rings is 2. The molecule has 0 saturated carbocycles. The molecule has 7 heteroatoms. The standard InChI is InChI=1S/C20H20ClN3O2S/c1-13-18(21)19(24(2)23-13)20(25)22-12-14-4-6-15(7-5-14)26-16-8-10-17(27-3)11-9-16/h4-11H,12H2,1-3H3,(H,22,25). The quantitative estimate of drug-likeness (QED) is 0.601. The van der Waals surface area contributed by atoms with Gasteiger partial charge in [0.25, 0.3) is 5.91 Å². The molecule has 1 amide bonds. The maximum atomic E-state index is 12.4. The summed E-state index contributed by atoms with van der Waals surface area (Å²) in [6.45, 7) is 2.16. The minimum Gasteiger partial charge on any atom is -0.457 e. The van der Waals surface area contributed by atoms with Crippen LogP contribution in [0.4, 0.5) is 0 Å². The number of ether oxygens (including phenoxy) is 1. The zero-order chi connectivity index (χ0) is 19.4. The summed E-state index contributed by atoms with van der Waals surface area (Å²) in [5.41, 5.74) is 1.96. The smallest absolute Gasteiger partial charge is 0.271 e. The van der Waals surface area contributed by atoms with Crippen LogP contribution in [-0.4, -0.2) is 21.9 Å². The van der Waals surface area contributed by atoms with Gasteiger partial charge in [0, 0.05) is 18.5 Å². The van der Waals surface area contributed by atoms with E-state index in [4.69, 9.17) is 16.3 Å². The number of nitrogens with zero attached hydrogens (tertiary/aromatic N) is 2. The molecule has 0 aliphatic heterocycles. The average Bonchev–Trinajstić information content (AvgIpc) is 2.93. The minimum absolute atomic E-state index is 0.252. The average molecular weight is 402 g/mol. The van der Waals surface area contributed by atoms with Gasteiger partial charge in [-0.15, -0.1) is 11.8 Å². The Morgan fingerprint density at radius 3 is 2.26 bits per heavy atom.